The van der Waals surface area contributed by atoms with Crippen molar-refractivity contribution < 1.29 is 18.6 Å². The summed E-state index contributed by atoms with van der Waals surface area (Å²) in [6, 6.07) is 16.0. The molecule has 0 atom stereocenters. The molecule has 2 aromatic rings. The predicted molar refractivity (Wildman–Crippen MR) is 132 cm³/mol. The largest absolute Gasteiger partial charge is 0.497 e. The molecule has 32 heavy (non-hydrogen) atoms. The maximum Gasteiger partial charge on any atom is 0.497 e. The second-order valence-electron chi connectivity index (χ2n) is 10.6. The lowest BCUT2D eigenvalue weighted by atomic mass is 9.77. The van der Waals surface area contributed by atoms with E-state index in [0.29, 0.717) is 0 Å². The molecule has 0 aromatic heterocycles. The van der Waals surface area contributed by atoms with Crippen LogP contribution in [0.1, 0.15) is 55.4 Å². The summed E-state index contributed by atoms with van der Waals surface area (Å²) in [6.45, 7) is 16.5. The van der Waals surface area contributed by atoms with Gasteiger partial charge in [0.05, 0.1) is 33.8 Å². The van der Waals surface area contributed by atoms with E-state index in [4.69, 9.17) is 18.6 Å². The number of nitrogens with one attached hydrogen (secondary N) is 2. The third-order valence-electron chi connectivity index (χ3n) is 7.27. The molecule has 2 N–H and O–H groups in total. The monoisotopic (exact) mass is 436 g/mol. The zero-order chi connectivity index (χ0) is 23.4. The molecule has 2 aliphatic heterocycles. The molecule has 2 saturated heterocycles. The second-order valence-corrected chi connectivity index (χ2v) is 10.6. The summed E-state index contributed by atoms with van der Waals surface area (Å²) in [5.41, 5.74) is 8.73. The molecule has 2 aliphatic rings. The van der Waals surface area contributed by atoms with Crippen molar-refractivity contribution in [2.24, 2.45) is 0 Å². The molecule has 2 aromatic carbocycles. The van der Waals surface area contributed by atoms with Crippen molar-refractivity contribution in [2.45, 2.75) is 77.8 Å². The number of hydrazine groups is 1. The van der Waals surface area contributed by atoms with Crippen molar-refractivity contribution in [3.8, 4) is 0 Å². The van der Waals surface area contributed by atoms with Crippen LogP contribution >= 0.6 is 0 Å². The standard InChI is InChI=1S/C24H34B2N2O4/c1-21(2)22(3,4)30-25(29-21)17-13-9-11-15-19(17)27-28-20-16-12-10-14-18(20)26-31-23(5,6)24(7,8)32-26/h9-16,27-28H,1-8H3. The number of benzene rings is 2. The Kier molecular flexibility index (Phi) is 5.65. The van der Waals surface area contributed by atoms with Crippen LogP contribution in [0.5, 0.6) is 0 Å². The molecular formula is C24H34B2N2O4. The molecule has 2 heterocycles. The molecule has 0 aliphatic carbocycles. The zero-order valence-corrected chi connectivity index (χ0v) is 20.4. The van der Waals surface area contributed by atoms with Crippen LogP contribution in [0.3, 0.4) is 0 Å². The second kappa shape index (κ2) is 7.80. The fourth-order valence-corrected chi connectivity index (χ4v) is 3.71. The van der Waals surface area contributed by atoms with Crippen LogP contribution in [0.2, 0.25) is 0 Å². The topological polar surface area (TPSA) is 61.0 Å². The molecule has 0 amide bonds. The highest BCUT2D eigenvalue weighted by atomic mass is 16.7. The first-order chi connectivity index (χ1) is 14.8. The first-order valence-electron chi connectivity index (χ1n) is 11.2. The van der Waals surface area contributed by atoms with Crippen LogP contribution in [-0.4, -0.2) is 36.6 Å². The lowest BCUT2D eigenvalue weighted by molar-refractivity contribution is 0.00578. The van der Waals surface area contributed by atoms with E-state index in [2.05, 4.69) is 66.2 Å². The predicted octanol–water partition coefficient (Wildman–Crippen LogP) is 3.72. The molecule has 0 spiro atoms. The molecular weight excluding hydrogens is 402 g/mol. The Labute approximate surface area is 192 Å². The minimum absolute atomic E-state index is 0.401. The van der Waals surface area contributed by atoms with Gasteiger partial charge < -0.3 is 29.5 Å². The number of rotatable bonds is 5. The molecule has 0 unspecified atom stereocenters. The zero-order valence-electron chi connectivity index (χ0n) is 20.4. The van der Waals surface area contributed by atoms with E-state index >= 15 is 0 Å². The SMILES string of the molecule is CC1(C)OB(c2ccccc2NNc2ccccc2B2OC(C)(C)C(C)(C)O2)OC1(C)C. The van der Waals surface area contributed by atoms with E-state index in [0.717, 1.165) is 22.3 Å². The summed E-state index contributed by atoms with van der Waals surface area (Å²) in [5.74, 6) is 0. The van der Waals surface area contributed by atoms with Gasteiger partial charge in [-0.3, -0.25) is 0 Å². The van der Waals surface area contributed by atoms with Crippen LogP contribution in [0.25, 0.3) is 0 Å². The number of anilines is 2. The Morgan fingerprint density at radius 3 is 1.09 bits per heavy atom. The number of hydrogen-bond acceptors (Lipinski definition) is 6. The Hall–Kier alpha value is -1.99. The lowest BCUT2D eigenvalue weighted by Gasteiger charge is -2.32. The van der Waals surface area contributed by atoms with Crippen LogP contribution in [0, 0.1) is 0 Å². The Balaban J connectivity index is 1.55. The highest BCUT2D eigenvalue weighted by Crippen LogP contribution is 2.38. The molecule has 6 nitrogen and oxygen atoms in total. The first kappa shape index (κ1) is 23.2. The molecule has 2 fully saturated rings. The summed E-state index contributed by atoms with van der Waals surface area (Å²) in [4.78, 5) is 0. The van der Waals surface area contributed by atoms with Crippen LogP contribution in [-0.2, 0) is 18.6 Å². The van der Waals surface area contributed by atoms with Crippen molar-refractivity contribution in [3.63, 3.8) is 0 Å². The van der Waals surface area contributed by atoms with Gasteiger partial charge in [0, 0.05) is 10.9 Å². The summed E-state index contributed by atoms with van der Waals surface area (Å²) >= 11 is 0. The Morgan fingerprint density at radius 2 is 0.781 bits per heavy atom. The summed E-state index contributed by atoms with van der Waals surface area (Å²) in [5, 5.41) is 0. The van der Waals surface area contributed by atoms with Gasteiger partial charge in [0.1, 0.15) is 0 Å². The van der Waals surface area contributed by atoms with E-state index in [-0.39, 0.29) is 0 Å². The Bertz CT molecular complexity index is 882. The van der Waals surface area contributed by atoms with Gasteiger partial charge in [-0.2, -0.15) is 0 Å². The third-order valence-corrected chi connectivity index (χ3v) is 7.27. The van der Waals surface area contributed by atoms with E-state index in [9.17, 15) is 0 Å². The summed E-state index contributed by atoms with van der Waals surface area (Å²) in [7, 11) is -0.910. The fourth-order valence-electron chi connectivity index (χ4n) is 3.71. The molecule has 8 heteroatoms. The van der Waals surface area contributed by atoms with E-state index in [1.54, 1.807) is 0 Å². The van der Waals surface area contributed by atoms with E-state index in [1.165, 1.54) is 0 Å². The van der Waals surface area contributed by atoms with Gasteiger partial charge in [0.2, 0.25) is 0 Å². The average molecular weight is 436 g/mol. The maximum atomic E-state index is 6.26. The molecule has 0 saturated carbocycles. The van der Waals surface area contributed by atoms with Crippen LogP contribution in [0.4, 0.5) is 11.4 Å². The van der Waals surface area contributed by atoms with Crippen LogP contribution in [0.15, 0.2) is 48.5 Å². The normalized spacial score (nSPS) is 22.8. The average Bonchev–Trinajstić information content (AvgIpc) is 3.06. The smallest absolute Gasteiger partial charge is 0.399 e. The summed E-state index contributed by atoms with van der Waals surface area (Å²) < 4.78 is 25.1. The Morgan fingerprint density at radius 1 is 0.500 bits per heavy atom. The van der Waals surface area contributed by atoms with Gasteiger partial charge >= 0.3 is 14.2 Å². The number of hydrogen-bond donors (Lipinski definition) is 2. The number of para-hydroxylation sites is 2. The molecule has 4 rings (SSSR count). The van der Waals surface area contributed by atoms with Crippen molar-refractivity contribution in [3.05, 3.63) is 48.5 Å². The van der Waals surface area contributed by atoms with Gasteiger partial charge in [0.15, 0.2) is 0 Å². The minimum Gasteiger partial charge on any atom is -0.399 e. The van der Waals surface area contributed by atoms with Crippen molar-refractivity contribution in [1.29, 1.82) is 0 Å². The quantitative estimate of drug-likeness (QED) is 0.551. The molecule has 0 bridgehead atoms. The first-order valence-corrected chi connectivity index (χ1v) is 11.2. The molecule has 0 radical (unpaired) electrons. The maximum absolute atomic E-state index is 6.26. The van der Waals surface area contributed by atoms with Gasteiger partial charge in [-0.25, -0.2) is 0 Å². The van der Waals surface area contributed by atoms with Crippen molar-refractivity contribution in [1.82, 2.24) is 0 Å². The van der Waals surface area contributed by atoms with E-state index < -0.39 is 36.6 Å². The fraction of sp³-hybridized carbons (Fsp3) is 0.500. The van der Waals surface area contributed by atoms with Gasteiger partial charge in [-0.1, -0.05) is 36.4 Å². The van der Waals surface area contributed by atoms with Gasteiger partial charge in [-0.15, -0.1) is 0 Å². The van der Waals surface area contributed by atoms with E-state index in [1.807, 2.05) is 48.5 Å². The van der Waals surface area contributed by atoms with Gasteiger partial charge in [-0.05, 0) is 67.5 Å². The van der Waals surface area contributed by atoms with Crippen molar-refractivity contribution >= 4 is 36.5 Å². The highest BCUT2D eigenvalue weighted by molar-refractivity contribution is 6.64. The van der Waals surface area contributed by atoms with Crippen LogP contribution < -0.4 is 21.8 Å². The highest BCUT2D eigenvalue weighted by Gasteiger charge is 2.53. The van der Waals surface area contributed by atoms with Gasteiger partial charge in [0.25, 0.3) is 0 Å². The summed E-state index contributed by atoms with van der Waals surface area (Å²) in [6.07, 6.45) is 0. The third kappa shape index (κ3) is 4.05. The minimum atomic E-state index is -0.455. The molecule has 170 valence electrons. The lowest BCUT2D eigenvalue weighted by Crippen LogP contribution is -2.41. The van der Waals surface area contributed by atoms with Crippen molar-refractivity contribution in [2.75, 3.05) is 10.9 Å².